The second kappa shape index (κ2) is 7.94. The van der Waals surface area contributed by atoms with E-state index >= 15 is 0 Å². The molecular weight excluding hydrogens is 352 g/mol. The molecule has 6 nitrogen and oxygen atoms in total. The zero-order valence-corrected chi connectivity index (χ0v) is 16.0. The van der Waals surface area contributed by atoms with Crippen molar-refractivity contribution in [3.05, 3.63) is 60.2 Å². The fourth-order valence-electron chi connectivity index (χ4n) is 3.65. The van der Waals surface area contributed by atoms with Gasteiger partial charge < -0.3 is 5.11 Å². The Hall–Kier alpha value is -2.99. The van der Waals surface area contributed by atoms with Crippen LogP contribution < -0.4 is 0 Å². The summed E-state index contributed by atoms with van der Waals surface area (Å²) >= 11 is 0. The number of benzene rings is 2. The molecule has 1 N–H and O–H groups in total. The van der Waals surface area contributed by atoms with Gasteiger partial charge in [0.15, 0.2) is 5.69 Å². The van der Waals surface area contributed by atoms with Crippen LogP contribution in [0.1, 0.15) is 30.1 Å². The maximum atomic E-state index is 12.3. The van der Waals surface area contributed by atoms with E-state index in [4.69, 9.17) is 0 Å². The minimum absolute atomic E-state index is 0.0458. The van der Waals surface area contributed by atoms with Gasteiger partial charge in [0.05, 0.1) is 12.2 Å². The normalized spacial score (nSPS) is 16.2. The van der Waals surface area contributed by atoms with E-state index in [1.54, 1.807) is 24.3 Å². The largest absolute Gasteiger partial charge is 0.493 e. The summed E-state index contributed by atoms with van der Waals surface area (Å²) < 4.78 is 1.85. The molecule has 0 saturated carbocycles. The molecule has 2 aromatic carbocycles. The van der Waals surface area contributed by atoms with Gasteiger partial charge in [-0.15, -0.1) is 10.2 Å². The second-order valence-corrected chi connectivity index (χ2v) is 7.43. The lowest BCUT2D eigenvalue weighted by Gasteiger charge is -2.30. The first kappa shape index (κ1) is 18.4. The molecule has 1 fully saturated rings. The van der Waals surface area contributed by atoms with Crippen LogP contribution in [0, 0.1) is 5.92 Å². The summed E-state index contributed by atoms with van der Waals surface area (Å²) in [6.45, 7) is 4.90. The SMILES string of the molecule is CC1CCN(Cn2c(O)c(N=NC(=O)c3ccccc3)c3ccccc32)CC1. The molecule has 2 heterocycles. The van der Waals surface area contributed by atoms with Crippen molar-refractivity contribution in [2.45, 2.75) is 26.4 Å². The van der Waals surface area contributed by atoms with Crippen molar-refractivity contribution in [3.8, 4) is 5.88 Å². The molecule has 0 spiro atoms. The van der Waals surface area contributed by atoms with E-state index in [9.17, 15) is 9.90 Å². The summed E-state index contributed by atoms with van der Waals surface area (Å²) in [5.41, 5.74) is 1.70. The highest BCUT2D eigenvalue weighted by Crippen LogP contribution is 2.39. The van der Waals surface area contributed by atoms with E-state index in [1.807, 2.05) is 34.9 Å². The van der Waals surface area contributed by atoms with E-state index in [1.165, 1.54) is 0 Å². The molecule has 0 unspecified atom stereocenters. The Morgan fingerprint density at radius 3 is 2.50 bits per heavy atom. The minimum Gasteiger partial charge on any atom is -0.493 e. The van der Waals surface area contributed by atoms with Crippen LogP contribution in [0.4, 0.5) is 5.69 Å². The number of rotatable bonds is 4. The van der Waals surface area contributed by atoms with E-state index in [0.717, 1.165) is 42.8 Å². The van der Waals surface area contributed by atoms with Gasteiger partial charge >= 0.3 is 0 Å². The number of hydrogen-bond donors (Lipinski definition) is 1. The first-order valence-corrected chi connectivity index (χ1v) is 9.67. The van der Waals surface area contributed by atoms with Crippen LogP contribution in [0.15, 0.2) is 64.8 Å². The van der Waals surface area contributed by atoms with Gasteiger partial charge in [-0.05, 0) is 37.0 Å². The van der Waals surface area contributed by atoms with Crippen molar-refractivity contribution < 1.29 is 9.90 Å². The van der Waals surface area contributed by atoms with Gasteiger partial charge in [0, 0.05) is 24.0 Å². The molecule has 0 atom stereocenters. The van der Waals surface area contributed by atoms with E-state index in [0.29, 0.717) is 17.9 Å². The number of amides is 1. The van der Waals surface area contributed by atoms with Gasteiger partial charge in [0.1, 0.15) is 0 Å². The maximum Gasteiger partial charge on any atom is 0.295 e. The van der Waals surface area contributed by atoms with Crippen molar-refractivity contribution in [1.82, 2.24) is 9.47 Å². The van der Waals surface area contributed by atoms with Crippen molar-refractivity contribution in [1.29, 1.82) is 0 Å². The lowest BCUT2D eigenvalue weighted by Crippen LogP contribution is -2.34. The Kier molecular flexibility index (Phi) is 5.21. The first-order valence-electron chi connectivity index (χ1n) is 9.67. The molecule has 0 aliphatic carbocycles. The molecule has 144 valence electrons. The maximum absolute atomic E-state index is 12.3. The lowest BCUT2D eigenvalue weighted by atomic mass is 10.00. The van der Waals surface area contributed by atoms with Crippen LogP contribution in [0.3, 0.4) is 0 Å². The van der Waals surface area contributed by atoms with Gasteiger partial charge in [-0.25, -0.2) is 0 Å². The van der Waals surface area contributed by atoms with Crippen molar-refractivity contribution in [3.63, 3.8) is 0 Å². The number of aromatic nitrogens is 1. The smallest absolute Gasteiger partial charge is 0.295 e. The van der Waals surface area contributed by atoms with Gasteiger partial charge in [0.2, 0.25) is 5.88 Å². The summed E-state index contributed by atoms with van der Waals surface area (Å²) in [6, 6.07) is 16.5. The Bertz CT molecular complexity index is 1000. The number of azo groups is 1. The fourth-order valence-corrected chi connectivity index (χ4v) is 3.65. The van der Waals surface area contributed by atoms with Gasteiger partial charge in [-0.1, -0.05) is 43.3 Å². The van der Waals surface area contributed by atoms with Crippen LogP contribution >= 0.6 is 0 Å². The van der Waals surface area contributed by atoms with Crippen LogP contribution in [-0.2, 0) is 6.67 Å². The predicted molar refractivity (Wildman–Crippen MR) is 109 cm³/mol. The van der Waals surface area contributed by atoms with Gasteiger partial charge in [-0.2, -0.15) is 0 Å². The molecule has 0 bridgehead atoms. The van der Waals surface area contributed by atoms with E-state index < -0.39 is 5.91 Å². The Labute approximate surface area is 164 Å². The van der Waals surface area contributed by atoms with Crippen LogP contribution in [-0.4, -0.2) is 33.6 Å². The van der Waals surface area contributed by atoms with Gasteiger partial charge in [-0.3, -0.25) is 14.3 Å². The molecule has 1 aliphatic rings. The summed E-state index contributed by atoms with van der Waals surface area (Å²) in [5, 5.41) is 19.6. The molecule has 28 heavy (non-hydrogen) atoms. The van der Waals surface area contributed by atoms with Crippen molar-refractivity contribution in [2.24, 2.45) is 16.1 Å². The Morgan fingerprint density at radius 1 is 1.07 bits per heavy atom. The van der Waals surface area contributed by atoms with Crippen molar-refractivity contribution >= 4 is 22.5 Å². The quantitative estimate of drug-likeness (QED) is 0.654. The fraction of sp³-hybridized carbons (Fsp3) is 0.318. The summed E-state index contributed by atoms with van der Waals surface area (Å²) in [7, 11) is 0. The number of hydrogen-bond acceptors (Lipinski definition) is 4. The monoisotopic (exact) mass is 376 g/mol. The number of piperidine rings is 1. The zero-order valence-electron chi connectivity index (χ0n) is 16.0. The average Bonchev–Trinajstić information content (AvgIpc) is 3.00. The highest BCUT2D eigenvalue weighted by Gasteiger charge is 2.21. The topological polar surface area (TPSA) is 70.2 Å². The third-order valence-electron chi connectivity index (χ3n) is 5.40. The highest BCUT2D eigenvalue weighted by molar-refractivity contribution is 5.97. The predicted octanol–water partition coefficient (Wildman–Crippen LogP) is 4.96. The second-order valence-electron chi connectivity index (χ2n) is 7.43. The molecule has 1 amide bonds. The zero-order chi connectivity index (χ0) is 19.5. The third-order valence-corrected chi connectivity index (χ3v) is 5.40. The number of aromatic hydroxyl groups is 1. The van der Waals surface area contributed by atoms with E-state index in [2.05, 4.69) is 22.1 Å². The van der Waals surface area contributed by atoms with E-state index in [-0.39, 0.29) is 5.88 Å². The number of carbonyl (C=O) groups is 1. The van der Waals surface area contributed by atoms with Crippen LogP contribution in [0.5, 0.6) is 5.88 Å². The molecule has 3 aromatic rings. The standard InChI is InChI=1S/C22H24N4O2/c1-16-11-13-25(14-12-16)15-26-19-10-6-5-9-18(19)20(22(26)28)23-24-21(27)17-7-3-2-4-8-17/h2-10,16,28H,11-15H2,1H3. The van der Waals surface area contributed by atoms with Gasteiger partial charge in [0.25, 0.3) is 5.91 Å². The van der Waals surface area contributed by atoms with Crippen LogP contribution in [0.2, 0.25) is 0 Å². The summed E-state index contributed by atoms with van der Waals surface area (Å²) in [4.78, 5) is 14.6. The minimum atomic E-state index is -0.429. The summed E-state index contributed by atoms with van der Waals surface area (Å²) in [5.74, 6) is 0.367. The number of nitrogens with zero attached hydrogens (tertiary/aromatic N) is 4. The Morgan fingerprint density at radius 2 is 1.75 bits per heavy atom. The molecule has 1 saturated heterocycles. The molecule has 1 aromatic heterocycles. The number of para-hydroxylation sites is 1. The highest BCUT2D eigenvalue weighted by atomic mass is 16.3. The Balaban J connectivity index is 1.64. The number of likely N-dealkylation sites (tertiary alicyclic amines) is 1. The number of fused-ring (bicyclic) bond motifs is 1. The number of carbonyl (C=O) groups excluding carboxylic acids is 1. The lowest BCUT2D eigenvalue weighted by molar-refractivity contribution is 0.0995. The average molecular weight is 376 g/mol. The molecular formula is C22H24N4O2. The molecule has 0 radical (unpaired) electrons. The third kappa shape index (κ3) is 3.68. The first-order chi connectivity index (χ1) is 13.6. The molecule has 6 heteroatoms. The van der Waals surface area contributed by atoms with Crippen molar-refractivity contribution in [2.75, 3.05) is 13.1 Å². The molecule has 1 aliphatic heterocycles. The molecule has 4 rings (SSSR count). The summed E-state index contributed by atoms with van der Waals surface area (Å²) in [6.07, 6.45) is 2.33. The van der Waals surface area contributed by atoms with Crippen LogP contribution in [0.25, 0.3) is 10.9 Å².